The van der Waals surface area contributed by atoms with Gasteiger partial charge < -0.3 is 13.9 Å². The van der Waals surface area contributed by atoms with Crippen LogP contribution in [-0.4, -0.2) is 19.2 Å². The van der Waals surface area contributed by atoms with Gasteiger partial charge in [0.25, 0.3) is 0 Å². The van der Waals surface area contributed by atoms with Gasteiger partial charge in [-0.15, -0.1) is 0 Å². The molecule has 1 unspecified atom stereocenters. The first-order chi connectivity index (χ1) is 20.3. The monoisotopic (exact) mass is 579 g/mol. The lowest BCUT2D eigenvalue weighted by atomic mass is 9.93. The molecule has 1 aliphatic rings. The van der Waals surface area contributed by atoms with Crippen LogP contribution in [-0.2, 0) is 19.7 Å². The quantitative estimate of drug-likeness (QED) is 0.194. The Morgan fingerprint density at radius 2 is 1.52 bits per heavy atom. The smallest absolute Gasteiger partial charge is 0.412 e. The Labute approximate surface area is 249 Å². The number of amides is 1. The van der Waals surface area contributed by atoms with Crippen LogP contribution >= 0.6 is 11.6 Å². The number of esters is 1. The highest BCUT2D eigenvalue weighted by Gasteiger charge is 2.52. The van der Waals surface area contributed by atoms with Gasteiger partial charge in [0, 0.05) is 21.5 Å². The second-order valence-corrected chi connectivity index (χ2v) is 11.1. The van der Waals surface area contributed by atoms with Crippen LogP contribution in [0, 0.1) is 6.92 Å². The fourth-order valence-electron chi connectivity index (χ4n) is 5.47. The van der Waals surface area contributed by atoms with E-state index in [1.165, 1.54) is 7.11 Å². The Bertz CT molecular complexity index is 1790. The largest absolute Gasteiger partial charge is 0.468 e. The predicted molar refractivity (Wildman–Crippen MR) is 165 cm³/mol. The normalized spacial score (nSPS) is 14.3. The van der Waals surface area contributed by atoms with Gasteiger partial charge in [-0.25, -0.2) is 4.79 Å². The molecule has 0 aliphatic heterocycles. The molecule has 1 amide bonds. The Kier molecular flexibility index (Phi) is 7.25. The molecule has 7 heteroatoms. The van der Waals surface area contributed by atoms with Crippen LogP contribution in [0.15, 0.2) is 95.4 Å². The third kappa shape index (κ3) is 5.03. The van der Waals surface area contributed by atoms with Crippen LogP contribution in [0.3, 0.4) is 0 Å². The van der Waals surface area contributed by atoms with Gasteiger partial charge in [-0.1, -0.05) is 90.5 Å². The third-order valence-corrected chi connectivity index (χ3v) is 8.35. The van der Waals surface area contributed by atoms with Crippen molar-refractivity contribution in [1.29, 1.82) is 0 Å². The van der Waals surface area contributed by atoms with Crippen molar-refractivity contribution in [2.24, 2.45) is 0 Å². The fourth-order valence-corrected chi connectivity index (χ4v) is 5.76. The number of benzene rings is 4. The van der Waals surface area contributed by atoms with E-state index in [9.17, 15) is 9.59 Å². The van der Waals surface area contributed by atoms with Gasteiger partial charge in [0.2, 0.25) is 0 Å². The zero-order chi connectivity index (χ0) is 29.4. The average Bonchev–Trinajstić information content (AvgIpc) is 3.74. The Morgan fingerprint density at radius 3 is 2.17 bits per heavy atom. The van der Waals surface area contributed by atoms with Gasteiger partial charge in [-0.2, -0.15) is 0 Å². The maximum atomic E-state index is 13.1. The fraction of sp³-hybridized carbons (Fsp3) is 0.200. The Morgan fingerprint density at radius 1 is 0.881 bits per heavy atom. The van der Waals surface area contributed by atoms with Crippen LogP contribution in [0.2, 0.25) is 5.02 Å². The zero-order valence-electron chi connectivity index (χ0n) is 23.6. The first kappa shape index (κ1) is 27.6. The number of aryl methyl sites for hydroxylation is 1. The zero-order valence-corrected chi connectivity index (χ0v) is 24.3. The number of hydrogen-bond acceptors (Lipinski definition) is 5. The van der Waals surface area contributed by atoms with E-state index in [1.54, 1.807) is 13.0 Å². The van der Waals surface area contributed by atoms with E-state index in [-0.39, 0.29) is 5.97 Å². The maximum Gasteiger partial charge on any atom is 0.412 e. The van der Waals surface area contributed by atoms with Crippen LogP contribution in [0.1, 0.15) is 42.6 Å². The number of para-hydroxylation sites is 1. The molecular formula is C35H30ClNO5. The van der Waals surface area contributed by atoms with Crippen LogP contribution in [0.25, 0.3) is 33.4 Å². The highest BCUT2D eigenvalue weighted by Crippen LogP contribution is 2.49. The minimum absolute atomic E-state index is 0.174. The molecule has 1 aromatic heterocycles. The molecule has 0 radical (unpaired) electrons. The van der Waals surface area contributed by atoms with E-state index < -0.39 is 17.6 Å². The van der Waals surface area contributed by atoms with Crippen molar-refractivity contribution in [1.82, 2.24) is 0 Å². The summed E-state index contributed by atoms with van der Waals surface area (Å²) < 4.78 is 17.0. The number of methoxy groups -OCH3 is 1. The first-order valence-corrected chi connectivity index (χ1v) is 14.2. The summed E-state index contributed by atoms with van der Waals surface area (Å²) in [6.45, 7) is 3.75. The van der Waals surface area contributed by atoms with Crippen molar-refractivity contribution >= 4 is 40.3 Å². The molecule has 1 saturated carbocycles. The molecule has 0 bridgehead atoms. The highest BCUT2D eigenvalue weighted by atomic mass is 35.5. The van der Waals surface area contributed by atoms with Crippen molar-refractivity contribution in [3.8, 4) is 22.5 Å². The molecule has 1 atom stereocenters. The molecule has 212 valence electrons. The lowest BCUT2D eigenvalue weighted by Gasteiger charge is -2.15. The number of furan rings is 1. The van der Waals surface area contributed by atoms with Crippen molar-refractivity contribution in [3.63, 3.8) is 0 Å². The van der Waals surface area contributed by atoms with Crippen molar-refractivity contribution in [2.75, 3.05) is 12.4 Å². The summed E-state index contributed by atoms with van der Waals surface area (Å²) in [5.74, 6) is 0.365. The molecule has 5 aromatic rings. The minimum atomic E-state index is -0.607. The number of hydrogen-bond donors (Lipinski definition) is 1. The van der Waals surface area contributed by atoms with E-state index in [0.717, 1.165) is 51.6 Å². The standard InChI is InChI=1S/C35H30ClNO5/c1-21-7-6-9-28-30(37-34(39)41-22(2)27-8-4-5-10-29(27)36)32(42-31(21)28)25-13-11-23(12-14-25)24-15-17-26(18-16-24)35(19-20-35)33(38)40-3/h4-18,22H,19-20H2,1-3H3,(H,37,39). The highest BCUT2D eigenvalue weighted by molar-refractivity contribution is 6.31. The second kappa shape index (κ2) is 11.0. The van der Waals surface area contributed by atoms with Crippen LogP contribution in [0.4, 0.5) is 10.5 Å². The molecule has 1 aliphatic carbocycles. The van der Waals surface area contributed by atoms with E-state index in [1.807, 2.05) is 91.9 Å². The Balaban J connectivity index is 1.27. The van der Waals surface area contributed by atoms with Gasteiger partial charge in [0.15, 0.2) is 5.76 Å². The number of nitrogens with one attached hydrogen (secondary N) is 1. The van der Waals surface area contributed by atoms with Gasteiger partial charge in [0.05, 0.1) is 18.2 Å². The Hall–Kier alpha value is -4.55. The SMILES string of the molecule is COC(=O)C1(c2ccc(-c3ccc(-c4oc5c(C)cccc5c4NC(=O)OC(C)c4ccccc4Cl)cc3)cc2)CC1. The predicted octanol–water partition coefficient (Wildman–Crippen LogP) is 9.24. The maximum absolute atomic E-state index is 13.1. The van der Waals surface area contributed by atoms with Gasteiger partial charge in [0.1, 0.15) is 11.7 Å². The lowest BCUT2D eigenvalue weighted by Crippen LogP contribution is -2.21. The average molecular weight is 580 g/mol. The molecule has 1 fully saturated rings. The summed E-state index contributed by atoms with van der Waals surface area (Å²) in [6.07, 6.45) is 0.473. The molecule has 6 rings (SSSR count). The van der Waals surface area contributed by atoms with E-state index in [4.69, 9.17) is 25.5 Å². The van der Waals surface area contributed by atoms with Crippen molar-refractivity contribution in [2.45, 2.75) is 38.2 Å². The minimum Gasteiger partial charge on any atom is -0.468 e. The first-order valence-electron chi connectivity index (χ1n) is 13.8. The molecule has 0 saturated heterocycles. The summed E-state index contributed by atoms with van der Waals surface area (Å²) in [6, 6.07) is 29.1. The number of anilines is 1. The molecule has 0 spiro atoms. The van der Waals surface area contributed by atoms with Gasteiger partial charge in [-0.3, -0.25) is 10.1 Å². The van der Waals surface area contributed by atoms with Crippen LogP contribution < -0.4 is 5.32 Å². The van der Waals surface area contributed by atoms with Crippen LogP contribution in [0.5, 0.6) is 0 Å². The number of carbonyl (C=O) groups excluding carboxylic acids is 2. The number of ether oxygens (including phenoxy) is 2. The topological polar surface area (TPSA) is 77.8 Å². The van der Waals surface area contributed by atoms with Crippen molar-refractivity contribution in [3.05, 3.63) is 113 Å². The lowest BCUT2D eigenvalue weighted by molar-refractivity contribution is -0.143. The number of fused-ring (bicyclic) bond motifs is 1. The summed E-state index contributed by atoms with van der Waals surface area (Å²) in [4.78, 5) is 25.3. The number of halogens is 1. The van der Waals surface area contributed by atoms with E-state index >= 15 is 0 Å². The molecule has 4 aromatic carbocycles. The van der Waals surface area contributed by atoms with Crippen molar-refractivity contribution < 1.29 is 23.5 Å². The number of carbonyl (C=O) groups is 2. The van der Waals surface area contributed by atoms with Gasteiger partial charge in [-0.05, 0) is 61.1 Å². The molecule has 1 N–H and O–H groups in total. The second-order valence-electron chi connectivity index (χ2n) is 10.7. The summed E-state index contributed by atoms with van der Waals surface area (Å²) >= 11 is 6.31. The summed E-state index contributed by atoms with van der Waals surface area (Å²) in [5, 5.41) is 4.25. The number of rotatable bonds is 7. The molecular weight excluding hydrogens is 550 g/mol. The molecule has 1 heterocycles. The van der Waals surface area contributed by atoms with E-state index in [2.05, 4.69) is 5.32 Å². The third-order valence-electron chi connectivity index (χ3n) is 8.01. The van der Waals surface area contributed by atoms with Gasteiger partial charge >= 0.3 is 12.1 Å². The molecule has 42 heavy (non-hydrogen) atoms. The summed E-state index contributed by atoms with van der Waals surface area (Å²) in [7, 11) is 1.44. The molecule has 6 nitrogen and oxygen atoms in total. The van der Waals surface area contributed by atoms with E-state index in [0.29, 0.717) is 22.1 Å². The summed E-state index contributed by atoms with van der Waals surface area (Å²) in [5.41, 5.74) is 6.26.